The molecule has 3 aromatic heterocycles. The van der Waals surface area contributed by atoms with Crippen molar-refractivity contribution in [3.8, 4) is 22.5 Å². The number of nitrogens with zero attached hydrogens (tertiary/aromatic N) is 7. The number of likely N-dealkylation sites (N-methyl/N-ethyl adjacent to an activating group) is 1. The molecule has 0 saturated carbocycles. The van der Waals surface area contributed by atoms with E-state index in [0.717, 1.165) is 0 Å². The van der Waals surface area contributed by atoms with E-state index in [1.54, 1.807) is 44.5 Å². The first kappa shape index (κ1) is 54.8. The Morgan fingerprint density at radius 2 is 1.82 bits per heavy atom. The van der Waals surface area contributed by atoms with Gasteiger partial charge in [-0.15, -0.1) is 11.3 Å². The summed E-state index contributed by atoms with van der Waals surface area (Å²) in [5.74, 6) is -4.38. The normalized spacial score (nSPS) is 22.1. The van der Waals surface area contributed by atoms with E-state index in [9.17, 15) is 41.5 Å². The number of cyclic esters (lactones) is 1. The van der Waals surface area contributed by atoms with Crippen LogP contribution in [0.2, 0.25) is 0 Å². The van der Waals surface area contributed by atoms with Crippen molar-refractivity contribution < 1.29 is 55.7 Å². The van der Waals surface area contributed by atoms with Gasteiger partial charge in [-0.05, 0) is 62.3 Å². The first-order valence-electron chi connectivity index (χ1n) is 24.9. The summed E-state index contributed by atoms with van der Waals surface area (Å²) in [6, 6.07) is 3.77. The van der Waals surface area contributed by atoms with Gasteiger partial charge in [0.15, 0.2) is 0 Å². The maximum atomic E-state index is 15.0. The summed E-state index contributed by atoms with van der Waals surface area (Å²) in [5, 5.41) is 6.96. The fraction of sp³-hybridized carbons (Fsp3) is 0.588. The van der Waals surface area contributed by atoms with Gasteiger partial charge in [-0.25, -0.2) is 14.8 Å². The number of nitrogens with one attached hydrogen (secondary N) is 2. The van der Waals surface area contributed by atoms with Gasteiger partial charge in [0.1, 0.15) is 24.7 Å². The van der Waals surface area contributed by atoms with Crippen LogP contribution < -0.4 is 15.6 Å². The molecule has 0 aliphatic carbocycles. The van der Waals surface area contributed by atoms with Gasteiger partial charge in [-0.3, -0.25) is 34.0 Å². The van der Waals surface area contributed by atoms with Crippen LogP contribution >= 0.6 is 22.9 Å². The lowest BCUT2D eigenvalue weighted by molar-refractivity contribution is -0.155. The summed E-state index contributed by atoms with van der Waals surface area (Å²) in [5.41, 5.74) is 3.82. The molecular weight excluding hydrogens is 1010 g/mol. The van der Waals surface area contributed by atoms with Gasteiger partial charge in [0.25, 0.3) is 17.4 Å². The number of likely N-dealkylation sites (tertiary alicyclic amines) is 1. The number of anilines is 1. The predicted molar refractivity (Wildman–Crippen MR) is 270 cm³/mol. The van der Waals surface area contributed by atoms with Crippen molar-refractivity contribution in [2.45, 2.75) is 109 Å². The highest BCUT2D eigenvalue weighted by Crippen LogP contribution is 2.44. The minimum absolute atomic E-state index is 0.0686. The topological polar surface area (TPSA) is 181 Å². The Balaban J connectivity index is 1.21. The summed E-state index contributed by atoms with van der Waals surface area (Å²) in [7, 11) is 2.99. The highest BCUT2D eigenvalue weighted by atomic mass is 35.5. The van der Waals surface area contributed by atoms with Crippen molar-refractivity contribution in [3.05, 3.63) is 52.1 Å². The van der Waals surface area contributed by atoms with Crippen LogP contribution in [0.25, 0.3) is 33.4 Å². The fourth-order valence-electron chi connectivity index (χ4n) is 10.5. The number of pyridine rings is 1. The number of hydrogen-bond donors (Lipinski definition) is 2. The zero-order chi connectivity index (χ0) is 53.4. The van der Waals surface area contributed by atoms with Crippen molar-refractivity contribution in [1.29, 1.82) is 0 Å². The molecule has 6 atom stereocenters. The number of morpholine rings is 1. The number of aromatic nitrogens is 3. The van der Waals surface area contributed by atoms with Crippen LogP contribution in [0.4, 0.5) is 23.2 Å². The zero-order valence-electron chi connectivity index (χ0n) is 42.6. The van der Waals surface area contributed by atoms with E-state index >= 15 is 0 Å². The number of ether oxygens (including phenoxy) is 3. The van der Waals surface area contributed by atoms with Crippen molar-refractivity contribution in [1.82, 2.24) is 40.1 Å². The molecule has 23 heteroatoms. The maximum absolute atomic E-state index is 15.0. The molecule has 8 rings (SSSR count). The van der Waals surface area contributed by atoms with Gasteiger partial charge in [0.2, 0.25) is 11.8 Å². The monoisotopic (exact) mass is 1070 g/mol. The molecule has 4 aliphatic heterocycles. The minimum Gasteiger partial charge on any atom is -0.464 e. The number of hydrazine groups is 1. The Kier molecular flexibility index (Phi) is 16.6. The number of methoxy groups -OCH3 is 1. The Hall–Kier alpha value is -5.42. The lowest BCUT2D eigenvalue weighted by Gasteiger charge is -2.37. The maximum Gasteiger partial charge on any atom is 0.406 e. The number of benzene rings is 1. The van der Waals surface area contributed by atoms with Crippen molar-refractivity contribution in [2.24, 2.45) is 17.3 Å². The number of halogens is 5. The van der Waals surface area contributed by atoms with Gasteiger partial charge in [-0.2, -0.15) is 13.2 Å². The predicted octanol–water partition coefficient (Wildman–Crippen LogP) is 6.45. The Bertz CT molecular complexity index is 2750. The molecule has 0 spiro atoms. The van der Waals surface area contributed by atoms with Crippen molar-refractivity contribution in [2.75, 3.05) is 71.6 Å². The van der Waals surface area contributed by atoms with E-state index in [2.05, 4.69) is 15.6 Å². The fourth-order valence-corrected chi connectivity index (χ4v) is 11.5. The van der Waals surface area contributed by atoms with Gasteiger partial charge >= 0.3 is 12.1 Å². The van der Waals surface area contributed by atoms with Gasteiger partial charge in [0, 0.05) is 86.1 Å². The number of carbonyl (C=O) groups excluding carboxylic acids is 5. The molecule has 7 heterocycles. The number of amides is 4. The summed E-state index contributed by atoms with van der Waals surface area (Å²) >= 11 is 6.63. The third kappa shape index (κ3) is 12.0. The quantitative estimate of drug-likeness (QED) is 0.0955. The van der Waals surface area contributed by atoms with Crippen LogP contribution in [0.3, 0.4) is 0 Å². The first-order chi connectivity index (χ1) is 35.0. The number of esters is 1. The smallest absolute Gasteiger partial charge is 0.406 e. The second-order valence-electron chi connectivity index (χ2n) is 20.7. The van der Waals surface area contributed by atoms with Gasteiger partial charge in [0.05, 0.1) is 65.8 Å². The van der Waals surface area contributed by atoms with E-state index in [4.69, 9.17) is 35.8 Å². The average molecular weight is 1070 g/mol. The van der Waals surface area contributed by atoms with Gasteiger partial charge in [-0.1, -0.05) is 45.4 Å². The summed E-state index contributed by atoms with van der Waals surface area (Å²) in [4.78, 5) is 83.7. The molecule has 402 valence electrons. The van der Waals surface area contributed by atoms with E-state index in [1.165, 1.54) is 44.9 Å². The highest BCUT2D eigenvalue weighted by Gasteiger charge is 2.42. The molecule has 4 amide bonds. The zero-order valence-corrected chi connectivity index (χ0v) is 44.2. The average Bonchev–Trinajstić information content (AvgIpc) is 4.12. The van der Waals surface area contributed by atoms with Crippen LogP contribution in [-0.4, -0.2) is 156 Å². The van der Waals surface area contributed by atoms with Gasteiger partial charge < -0.3 is 38.8 Å². The standard InChI is InChI=1S/C51H64ClF4N9O8S/c1-28(2)42(61(6)46(67)31-12-14-63(24-31)48(69)44(52)53)45(66)59-37-21-40-58-38(25-74-40)30-10-11-39-33(19-30)35(22-50(4,5)27-73-49(70)36-9-8-13-65(60-36)47(37)68)43(64(39)26-51(54,55)56)34-20-32(62-15-17-72-18-16-62)23-57-41(34)29(3)71-7/h10-11,19-20,23,25,28-29,31,36-37,42,44,60H,8-9,12-18,21-22,24,26-27H2,1-7H3,(H,59,66)/t29-,31+,36-,37+,42-,44+/m0/s1. The minimum atomic E-state index is -4.64. The second-order valence-corrected chi connectivity index (χ2v) is 22.1. The molecule has 0 unspecified atom stereocenters. The molecular formula is C51H64ClF4N9O8S. The number of fused-ring (bicyclic) bond motifs is 6. The lowest BCUT2D eigenvalue weighted by atomic mass is 9.84. The molecule has 6 bridgehead atoms. The SMILES string of the molecule is CO[C@@H](C)c1ncc(N2CCOCC2)cc1-c1c2c3cc(ccc3n1CC(F)(F)F)-c1csc(n1)C[C@@H](NC(=O)[C@H](C(C)C)N(C)C(=O)[C@@H]1CCN(C(=O)[C@@H](F)Cl)C1)C(=O)N1CCC[C@H](N1)C(=O)OCC(C)(C)C2. The molecule has 4 aromatic rings. The summed E-state index contributed by atoms with van der Waals surface area (Å²) in [6.07, 6.45) is -2.51. The molecule has 0 radical (unpaired) electrons. The number of hydrogen-bond acceptors (Lipinski definition) is 13. The van der Waals surface area contributed by atoms with Crippen LogP contribution in [0.5, 0.6) is 0 Å². The molecule has 3 saturated heterocycles. The third-order valence-corrected chi connectivity index (χ3v) is 15.4. The van der Waals surface area contributed by atoms with Crippen LogP contribution in [-0.2, 0) is 57.6 Å². The third-order valence-electron chi connectivity index (χ3n) is 14.3. The van der Waals surface area contributed by atoms with Crippen molar-refractivity contribution in [3.63, 3.8) is 0 Å². The molecule has 1 aromatic carbocycles. The first-order valence-corrected chi connectivity index (χ1v) is 26.3. The number of thiazole rings is 1. The lowest BCUT2D eigenvalue weighted by Crippen LogP contribution is -2.62. The Labute approximate surface area is 436 Å². The second kappa shape index (κ2) is 22.4. The Morgan fingerprint density at radius 3 is 2.51 bits per heavy atom. The van der Waals surface area contributed by atoms with Crippen LogP contribution in [0.15, 0.2) is 35.8 Å². The summed E-state index contributed by atoms with van der Waals surface area (Å²) in [6.45, 7) is 9.93. The molecule has 17 nitrogen and oxygen atoms in total. The number of alkyl halides is 5. The Morgan fingerprint density at radius 1 is 1.08 bits per heavy atom. The van der Waals surface area contributed by atoms with Crippen LogP contribution in [0.1, 0.15) is 76.3 Å². The molecule has 4 aliphatic rings. The molecule has 2 N–H and O–H groups in total. The summed E-state index contributed by atoms with van der Waals surface area (Å²) < 4.78 is 77.4. The van der Waals surface area contributed by atoms with Crippen molar-refractivity contribution >= 4 is 69.1 Å². The van der Waals surface area contributed by atoms with E-state index in [-0.39, 0.29) is 45.5 Å². The molecule has 3 fully saturated rings. The van der Waals surface area contributed by atoms with E-state index in [0.29, 0.717) is 94.5 Å². The van der Waals surface area contributed by atoms with Crippen LogP contribution in [0, 0.1) is 17.3 Å². The van der Waals surface area contributed by atoms with E-state index < -0.39 is 89.4 Å². The molecule has 74 heavy (non-hydrogen) atoms. The van der Waals surface area contributed by atoms with E-state index in [1.807, 2.05) is 26.0 Å². The largest absolute Gasteiger partial charge is 0.464 e. The highest BCUT2D eigenvalue weighted by molar-refractivity contribution is 7.10. The number of rotatable bonds is 11. The number of carbonyl (C=O) groups is 5.